The van der Waals surface area contributed by atoms with E-state index in [1.165, 1.54) is 29.2 Å². The minimum absolute atomic E-state index is 0.0514. The third kappa shape index (κ3) is 9.72. The van der Waals surface area contributed by atoms with Crippen molar-refractivity contribution >= 4 is 39.7 Å². The number of rotatable bonds is 10. The van der Waals surface area contributed by atoms with Gasteiger partial charge >= 0.3 is 12.2 Å². The highest BCUT2D eigenvalue weighted by Crippen LogP contribution is 2.30. The lowest BCUT2D eigenvalue weighted by molar-refractivity contribution is -0.143. The van der Waals surface area contributed by atoms with Crippen molar-refractivity contribution in [3.05, 3.63) is 24.3 Å². The number of nitrogens with zero attached hydrogens (tertiary/aromatic N) is 2. The van der Waals surface area contributed by atoms with Gasteiger partial charge < -0.3 is 40.7 Å². The Hall–Kier alpha value is -4.08. The Kier molecular flexibility index (Phi) is 11.1. The minimum atomic E-state index is -3.40. The number of hydrogen-bond acceptors (Lipinski definition) is 9. The van der Waals surface area contributed by atoms with Crippen LogP contribution in [-0.2, 0) is 29.0 Å². The van der Waals surface area contributed by atoms with Gasteiger partial charge in [0.2, 0.25) is 17.7 Å². The molecule has 2 heterocycles. The van der Waals surface area contributed by atoms with E-state index in [-0.39, 0.29) is 37.4 Å². The van der Waals surface area contributed by atoms with Gasteiger partial charge in [0.1, 0.15) is 30.0 Å². The van der Waals surface area contributed by atoms with Gasteiger partial charge in [-0.25, -0.2) is 18.0 Å². The number of sulfone groups is 1. The summed E-state index contributed by atoms with van der Waals surface area (Å²) < 4.78 is 34.5. The molecule has 0 radical (unpaired) electrons. The van der Waals surface area contributed by atoms with E-state index in [9.17, 15) is 37.5 Å². The zero-order valence-corrected chi connectivity index (χ0v) is 26.1. The van der Waals surface area contributed by atoms with Crippen LogP contribution in [0.25, 0.3) is 0 Å². The number of carbonyl (C=O) groups excluding carboxylic acids is 4. The van der Waals surface area contributed by atoms with E-state index in [2.05, 4.69) is 10.6 Å². The number of nitrogens with one attached hydrogen (secondary N) is 2. The Bertz CT molecular complexity index is 1350. The lowest BCUT2D eigenvalue weighted by Gasteiger charge is -2.38. The van der Waals surface area contributed by atoms with Crippen LogP contribution in [0, 0.1) is 0 Å². The molecule has 44 heavy (non-hydrogen) atoms. The topological polar surface area (TPSA) is 215 Å². The highest BCUT2D eigenvalue weighted by Gasteiger charge is 2.46. The number of amides is 5. The summed E-state index contributed by atoms with van der Waals surface area (Å²) in [5.41, 5.74) is 4.47. The van der Waals surface area contributed by atoms with Crippen LogP contribution in [0.2, 0.25) is 0 Å². The number of ether oxygens (including phenoxy) is 2. The Morgan fingerprint density at radius 3 is 2.34 bits per heavy atom. The molecule has 2 aliphatic rings. The van der Waals surface area contributed by atoms with Gasteiger partial charge in [-0.3, -0.25) is 14.4 Å². The SMILES string of the molecule is CC(C)(C)OC(=O)N[C@H]1CN(C(=O)O)CC[C@H]2CC[C@@H](C(=O)NC(CCC(N)=O)COc3ccc(S(C)(=O)=O)cc3)N2C1=O. The molecule has 2 aliphatic heterocycles. The van der Waals surface area contributed by atoms with E-state index in [1.807, 2.05) is 0 Å². The van der Waals surface area contributed by atoms with E-state index in [4.69, 9.17) is 15.2 Å². The van der Waals surface area contributed by atoms with Crippen LogP contribution >= 0.6 is 0 Å². The quantitative estimate of drug-likeness (QED) is 0.283. The highest BCUT2D eigenvalue weighted by molar-refractivity contribution is 7.90. The lowest BCUT2D eigenvalue weighted by Crippen LogP contribution is -2.61. The van der Waals surface area contributed by atoms with Crippen molar-refractivity contribution in [3.8, 4) is 5.75 Å². The molecule has 2 fully saturated rings. The van der Waals surface area contributed by atoms with Crippen molar-refractivity contribution < 1.29 is 47.0 Å². The number of fused-ring (bicyclic) bond motifs is 1. The first-order valence-electron chi connectivity index (χ1n) is 14.3. The molecule has 0 aliphatic carbocycles. The summed E-state index contributed by atoms with van der Waals surface area (Å²) in [6.07, 6.45) is 0.0764. The molecule has 3 rings (SSSR count). The van der Waals surface area contributed by atoms with Gasteiger partial charge in [0.05, 0.1) is 17.5 Å². The standard InChI is InChI=1S/C28H41N5O10S/c1-28(2,3)43-26(37)31-21-15-32(27(38)39)14-13-18-6-11-22(33(18)25(21)36)24(35)30-17(5-12-23(29)34)16-42-19-7-9-20(10-8-19)44(4,40)41/h7-10,17-18,21-22H,5-6,11-16H2,1-4H3,(H2,29,34)(H,30,35)(H,31,37)(H,38,39)/t17?,18-,21+,22+/m1/s1. The normalized spacial score (nSPS) is 21.4. The molecule has 2 saturated heterocycles. The van der Waals surface area contributed by atoms with Gasteiger partial charge in [-0.2, -0.15) is 0 Å². The average Bonchev–Trinajstić information content (AvgIpc) is 3.32. The molecule has 1 aromatic carbocycles. The second-order valence-electron chi connectivity index (χ2n) is 12.0. The van der Waals surface area contributed by atoms with E-state index >= 15 is 0 Å². The van der Waals surface area contributed by atoms with Crippen LogP contribution in [0.3, 0.4) is 0 Å². The molecule has 0 aromatic heterocycles. The fraction of sp³-hybridized carbons (Fsp3) is 0.607. The van der Waals surface area contributed by atoms with Gasteiger partial charge in [0.15, 0.2) is 9.84 Å². The van der Waals surface area contributed by atoms with Crippen LogP contribution in [0.4, 0.5) is 9.59 Å². The first kappa shape index (κ1) is 34.4. The van der Waals surface area contributed by atoms with Crippen molar-refractivity contribution in [2.75, 3.05) is 26.0 Å². The van der Waals surface area contributed by atoms with Gasteiger partial charge in [0.25, 0.3) is 0 Å². The lowest BCUT2D eigenvalue weighted by atomic mass is 10.1. The molecule has 0 saturated carbocycles. The summed E-state index contributed by atoms with van der Waals surface area (Å²) in [5.74, 6) is -1.35. The number of nitrogens with two attached hydrogens (primary N) is 1. The molecule has 16 heteroatoms. The molecule has 0 spiro atoms. The van der Waals surface area contributed by atoms with Crippen LogP contribution in [0.1, 0.15) is 52.9 Å². The molecule has 15 nitrogen and oxygen atoms in total. The van der Waals surface area contributed by atoms with E-state index in [0.29, 0.717) is 25.0 Å². The minimum Gasteiger partial charge on any atom is -0.491 e. The fourth-order valence-corrected chi connectivity index (χ4v) is 5.78. The number of primary amides is 1. The zero-order valence-electron chi connectivity index (χ0n) is 25.3. The van der Waals surface area contributed by atoms with Crippen LogP contribution in [0.15, 0.2) is 29.2 Å². The largest absolute Gasteiger partial charge is 0.491 e. The Morgan fingerprint density at radius 1 is 1.11 bits per heavy atom. The summed E-state index contributed by atoms with van der Waals surface area (Å²) in [4.78, 5) is 65.9. The Labute approximate surface area is 256 Å². The zero-order chi connectivity index (χ0) is 32.8. The molecule has 244 valence electrons. The molecule has 5 amide bonds. The first-order valence-corrected chi connectivity index (χ1v) is 16.1. The smallest absolute Gasteiger partial charge is 0.408 e. The van der Waals surface area contributed by atoms with Crippen LogP contribution in [-0.4, -0.2) is 109 Å². The number of carboxylic acid groups (broad SMARTS) is 1. The molecule has 1 unspecified atom stereocenters. The van der Waals surface area contributed by atoms with Crippen molar-refractivity contribution in [3.63, 3.8) is 0 Å². The maximum atomic E-state index is 13.8. The maximum absolute atomic E-state index is 13.8. The van der Waals surface area contributed by atoms with Gasteiger partial charge in [-0.15, -0.1) is 0 Å². The summed E-state index contributed by atoms with van der Waals surface area (Å²) in [6.45, 7) is 4.65. The summed E-state index contributed by atoms with van der Waals surface area (Å²) in [7, 11) is -3.40. The van der Waals surface area contributed by atoms with Crippen molar-refractivity contribution in [2.45, 2.75) is 87.5 Å². The van der Waals surface area contributed by atoms with E-state index in [1.54, 1.807) is 20.8 Å². The van der Waals surface area contributed by atoms with Crippen molar-refractivity contribution in [1.82, 2.24) is 20.4 Å². The Balaban J connectivity index is 1.77. The molecular weight excluding hydrogens is 598 g/mol. The number of hydrogen-bond donors (Lipinski definition) is 4. The summed E-state index contributed by atoms with van der Waals surface area (Å²) >= 11 is 0. The summed E-state index contributed by atoms with van der Waals surface area (Å²) in [5, 5.41) is 15.0. The molecule has 1 aromatic rings. The second-order valence-corrected chi connectivity index (χ2v) is 14.0. The van der Waals surface area contributed by atoms with E-state index in [0.717, 1.165) is 11.2 Å². The first-order chi connectivity index (χ1) is 20.4. The summed E-state index contributed by atoms with van der Waals surface area (Å²) in [6, 6.07) is 2.38. The van der Waals surface area contributed by atoms with E-state index < -0.39 is 69.5 Å². The monoisotopic (exact) mass is 639 g/mol. The average molecular weight is 640 g/mol. The van der Waals surface area contributed by atoms with Gasteiger partial charge in [0, 0.05) is 25.3 Å². The number of benzene rings is 1. The van der Waals surface area contributed by atoms with Gasteiger partial charge in [-0.1, -0.05) is 0 Å². The predicted molar refractivity (Wildman–Crippen MR) is 156 cm³/mol. The Morgan fingerprint density at radius 2 is 1.77 bits per heavy atom. The third-order valence-electron chi connectivity index (χ3n) is 7.24. The van der Waals surface area contributed by atoms with Crippen molar-refractivity contribution in [2.24, 2.45) is 5.73 Å². The fourth-order valence-electron chi connectivity index (χ4n) is 5.15. The van der Waals surface area contributed by atoms with Crippen molar-refractivity contribution in [1.29, 1.82) is 0 Å². The molecule has 0 bridgehead atoms. The molecule has 5 N–H and O–H groups in total. The third-order valence-corrected chi connectivity index (χ3v) is 8.37. The van der Waals surface area contributed by atoms with Crippen LogP contribution < -0.4 is 21.1 Å². The number of alkyl carbamates (subject to hydrolysis) is 1. The molecule has 4 atom stereocenters. The van der Waals surface area contributed by atoms with Crippen LogP contribution in [0.5, 0.6) is 5.75 Å². The molecular formula is C28H41N5O10S. The second kappa shape index (κ2) is 14.1. The number of carbonyl (C=O) groups is 5. The van der Waals surface area contributed by atoms with Gasteiger partial charge in [-0.05, 0) is 70.7 Å². The highest BCUT2D eigenvalue weighted by atomic mass is 32.2. The maximum Gasteiger partial charge on any atom is 0.408 e. The predicted octanol–water partition coefficient (Wildman–Crippen LogP) is 0.856.